The molecule has 1 fully saturated rings. The molecule has 1 saturated carbocycles. The number of hydrogen-bond donors (Lipinski definition) is 2. The summed E-state index contributed by atoms with van der Waals surface area (Å²) >= 11 is 12.6. The van der Waals surface area contributed by atoms with E-state index in [1.165, 1.54) is 29.5 Å². The van der Waals surface area contributed by atoms with E-state index in [-0.39, 0.29) is 17.8 Å². The molecule has 2 aromatic heterocycles. The van der Waals surface area contributed by atoms with Crippen LogP contribution in [-0.2, 0) is 6.42 Å². The summed E-state index contributed by atoms with van der Waals surface area (Å²) in [6.45, 7) is 4.15. The molecular weight excluding hydrogens is 495 g/mol. The van der Waals surface area contributed by atoms with Gasteiger partial charge in [-0.05, 0) is 80.0 Å². The van der Waals surface area contributed by atoms with E-state index in [2.05, 4.69) is 48.7 Å². The van der Waals surface area contributed by atoms with Crippen LogP contribution >= 0.6 is 23.2 Å². The molecule has 2 aromatic carbocycles. The third kappa shape index (κ3) is 5.51. The SMILES string of the molecule is Cc1ccc(C[C@H](CCl)N=C(NO)c2cc3cc(Cl)cn3nc2Oc2cccc(C3CC3)c2)c(C)c1. The quantitative estimate of drug-likeness (QED) is 0.115. The number of nitrogens with one attached hydrogen (secondary N) is 1. The first-order valence-electron chi connectivity index (χ1n) is 12.0. The normalized spacial score (nSPS) is 14.8. The first-order valence-corrected chi connectivity index (χ1v) is 12.9. The van der Waals surface area contributed by atoms with Crippen molar-refractivity contribution >= 4 is 34.6 Å². The molecule has 2 heterocycles. The van der Waals surface area contributed by atoms with E-state index in [1.807, 2.05) is 24.3 Å². The Morgan fingerprint density at radius 2 is 2.03 bits per heavy atom. The molecule has 1 aliphatic carbocycles. The van der Waals surface area contributed by atoms with Crippen LogP contribution in [0.5, 0.6) is 11.6 Å². The number of aliphatic imine (C=N–C) groups is 1. The second-order valence-electron chi connectivity index (χ2n) is 9.37. The molecule has 6 nitrogen and oxygen atoms in total. The molecule has 0 aliphatic heterocycles. The highest BCUT2D eigenvalue weighted by atomic mass is 35.5. The van der Waals surface area contributed by atoms with Gasteiger partial charge in [0.25, 0.3) is 0 Å². The number of hydroxylamine groups is 1. The van der Waals surface area contributed by atoms with Gasteiger partial charge in [-0.25, -0.2) is 4.52 Å². The van der Waals surface area contributed by atoms with Gasteiger partial charge in [0.1, 0.15) is 5.75 Å². The lowest BCUT2D eigenvalue weighted by molar-refractivity contribution is 0.234. The minimum Gasteiger partial charge on any atom is -0.437 e. The number of amidine groups is 1. The highest BCUT2D eigenvalue weighted by Gasteiger charge is 2.24. The van der Waals surface area contributed by atoms with Crippen molar-refractivity contribution in [1.29, 1.82) is 0 Å². The summed E-state index contributed by atoms with van der Waals surface area (Å²) in [4.78, 5) is 4.78. The third-order valence-corrected chi connectivity index (χ3v) is 7.01. The van der Waals surface area contributed by atoms with Crippen molar-refractivity contribution in [1.82, 2.24) is 15.1 Å². The number of benzene rings is 2. The van der Waals surface area contributed by atoms with Crippen molar-refractivity contribution in [2.45, 2.75) is 45.1 Å². The summed E-state index contributed by atoms with van der Waals surface area (Å²) in [5.74, 6) is 2.07. The monoisotopic (exact) mass is 522 g/mol. The van der Waals surface area contributed by atoms with E-state index >= 15 is 0 Å². The predicted molar refractivity (Wildman–Crippen MR) is 144 cm³/mol. The van der Waals surface area contributed by atoms with Crippen molar-refractivity contribution in [2.75, 3.05) is 5.88 Å². The topological polar surface area (TPSA) is 71.2 Å². The van der Waals surface area contributed by atoms with Crippen LogP contribution in [0.2, 0.25) is 5.02 Å². The van der Waals surface area contributed by atoms with Crippen LogP contribution in [0.15, 0.2) is 65.8 Å². The lowest BCUT2D eigenvalue weighted by atomic mass is 10.00. The fraction of sp³-hybridized carbons (Fsp3) is 0.286. The van der Waals surface area contributed by atoms with Gasteiger partial charge in [0.05, 0.1) is 22.1 Å². The summed E-state index contributed by atoms with van der Waals surface area (Å²) in [6.07, 6.45) is 4.74. The molecule has 4 aromatic rings. The van der Waals surface area contributed by atoms with E-state index in [0.717, 1.165) is 11.1 Å². The van der Waals surface area contributed by atoms with E-state index < -0.39 is 0 Å². The molecule has 36 heavy (non-hydrogen) atoms. The van der Waals surface area contributed by atoms with Gasteiger partial charge in [-0.1, -0.05) is 47.5 Å². The molecule has 1 atom stereocenters. The number of hydrogen-bond acceptors (Lipinski definition) is 4. The summed E-state index contributed by atoms with van der Waals surface area (Å²) < 4.78 is 7.90. The van der Waals surface area contributed by atoms with Gasteiger partial charge in [0.15, 0.2) is 5.84 Å². The summed E-state index contributed by atoms with van der Waals surface area (Å²) in [6, 6.07) is 17.7. The van der Waals surface area contributed by atoms with E-state index in [1.54, 1.807) is 16.8 Å². The van der Waals surface area contributed by atoms with E-state index in [0.29, 0.717) is 34.6 Å². The van der Waals surface area contributed by atoms with Crippen molar-refractivity contribution in [3.8, 4) is 11.6 Å². The molecule has 0 saturated heterocycles. The molecular formula is C28H28Cl2N4O2. The maximum atomic E-state index is 10.1. The number of aryl methyl sites for hydroxylation is 2. The number of nitrogens with zero attached hydrogens (tertiary/aromatic N) is 3. The molecule has 0 unspecified atom stereocenters. The maximum Gasteiger partial charge on any atom is 0.248 e. The first-order chi connectivity index (χ1) is 17.4. The van der Waals surface area contributed by atoms with Gasteiger partial charge in [0, 0.05) is 12.1 Å². The summed E-state index contributed by atoms with van der Waals surface area (Å²) in [7, 11) is 0. The number of ether oxygens (including phenoxy) is 1. The number of alkyl halides is 1. The molecule has 8 heteroatoms. The average Bonchev–Trinajstić information content (AvgIpc) is 3.65. The molecule has 2 N–H and O–H groups in total. The summed E-state index contributed by atoms with van der Waals surface area (Å²) in [5, 5.41) is 15.3. The van der Waals surface area contributed by atoms with E-state index in [4.69, 9.17) is 32.9 Å². The minimum atomic E-state index is -0.277. The number of rotatable bonds is 8. The van der Waals surface area contributed by atoms with Crippen molar-refractivity contribution in [3.05, 3.63) is 93.6 Å². The average molecular weight is 523 g/mol. The summed E-state index contributed by atoms with van der Waals surface area (Å²) in [5.41, 5.74) is 8.31. The van der Waals surface area contributed by atoms with Crippen LogP contribution < -0.4 is 10.2 Å². The number of halogens is 2. The molecule has 186 valence electrons. The largest absolute Gasteiger partial charge is 0.437 e. The molecule has 0 amide bonds. The smallest absolute Gasteiger partial charge is 0.248 e. The second kappa shape index (κ2) is 10.5. The Morgan fingerprint density at radius 1 is 1.19 bits per heavy atom. The Morgan fingerprint density at radius 3 is 2.75 bits per heavy atom. The fourth-order valence-corrected chi connectivity index (χ4v) is 4.78. The Bertz CT molecular complexity index is 1430. The van der Waals surface area contributed by atoms with Crippen LogP contribution in [0, 0.1) is 13.8 Å². The Labute approximate surface area is 220 Å². The zero-order chi connectivity index (χ0) is 25.2. The van der Waals surface area contributed by atoms with Crippen LogP contribution in [0.4, 0.5) is 0 Å². The van der Waals surface area contributed by atoms with Gasteiger partial charge < -0.3 is 4.74 Å². The van der Waals surface area contributed by atoms with Crippen molar-refractivity contribution < 1.29 is 9.94 Å². The van der Waals surface area contributed by atoms with Crippen LogP contribution in [0.25, 0.3) is 5.52 Å². The first kappa shape index (κ1) is 24.6. The van der Waals surface area contributed by atoms with Gasteiger partial charge >= 0.3 is 0 Å². The van der Waals surface area contributed by atoms with Crippen LogP contribution in [0.3, 0.4) is 0 Å². The van der Waals surface area contributed by atoms with Crippen molar-refractivity contribution in [3.63, 3.8) is 0 Å². The molecule has 0 radical (unpaired) electrons. The molecule has 0 spiro atoms. The standard InChI is InChI=1S/C28H28Cl2N4O2/c1-17-6-7-20(18(2)10-17)11-23(15-29)31-27(33-35)26-14-24-13-22(30)16-34(24)32-28(26)36-25-5-3-4-21(12-25)19-8-9-19/h3-7,10,12-14,16,19,23,35H,8-9,11,15H2,1-2H3,(H,31,33)/t23-/m1/s1. The minimum absolute atomic E-state index is 0.228. The van der Waals surface area contributed by atoms with Gasteiger partial charge in [0.2, 0.25) is 5.88 Å². The van der Waals surface area contributed by atoms with Crippen molar-refractivity contribution in [2.24, 2.45) is 4.99 Å². The molecule has 0 bridgehead atoms. The lowest BCUT2D eigenvalue weighted by Crippen LogP contribution is -2.26. The van der Waals surface area contributed by atoms with Gasteiger partial charge in [-0.2, -0.15) is 0 Å². The Hall–Kier alpha value is -3.06. The zero-order valence-corrected chi connectivity index (χ0v) is 21.7. The Balaban J connectivity index is 1.52. The van der Waals surface area contributed by atoms with Gasteiger partial charge in [-0.3, -0.25) is 15.7 Å². The van der Waals surface area contributed by atoms with Crippen LogP contribution in [-0.4, -0.2) is 32.6 Å². The molecule has 1 aliphatic rings. The molecule has 5 rings (SSSR count). The van der Waals surface area contributed by atoms with Gasteiger partial charge in [-0.15, -0.1) is 16.7 Å². The number of aromatic nitrogens is 2. The zero-order valence-electron chi connectivity index (χ0n) is 20.2. The van der Waals surface area contributed by atoms with Crippen LogP contribution in [0.1, 0.15) is 46.6 Å². The van der Waals surface area contributed by atoms with E-state index in [9.17, 15) is 5.21 Å². The number of fused-ring (bicyclic) bond motifs is 1. The Kier molecular flexibility index (Phi) is 7.19. The third-order valence-electron chi connectivity index (χ3n) is 6.44. The fourth-order valence-electron chi connectivity index (χ4n) is 4.40. The predicted octanol–water partition coefficient (Wildman–Crippen LogP) is 6.85. The highest BCUT2D eigenvalue weighted by molar-refractivity contribution is 6.31. The highest BCUT2D eigenvalue weighted by Crippen LogP contribution is 2.41. The maximum absolute atomic E-state index is 10.1. The second-order valence-corrected chi connectivity index (χ2v) is 10.1. The lowest BCUT2D eigenvalue weighted by Gasteiger charge is -2.16.